The van der Waals surface area contributed by atoms with Gasteiger partial charge < -0.3 is 9.72 Å². The number of hydrogen-bond acceptors (Lipinski definition) is 5. The molecule has 0 radical (unpaired) electrons. The lowest BCUT2D eigenvalue weighted by Crippen LogP contribution is -2.25. The maximum atomic E-state index is 12.5. The van der Waals surface area contributed by atoms with E-state index in [4.69, 9.17) is 4.74 Å². The third kappa shape index (κ3) is 4.34. The molecule has 0 bridgehead atoms. The number of aryl methyl sites for hydroxylation is 3. The van der Waals surface area contributed by atoms with Gasteiger partial charge in [0.05, 0.1) is 17.3 Å². The van der Waals surface area contributed by atoms with Crippen molar-refractivity contribution < 1.29 is 14.3 Å². The number of fused-ring (bicyclic) bond motifs is 1. The Morgan fingerprint density at radius 2 is 1.86 bits per heavy atom. The molecule has 0 spiro atoms. The van der Waals surface area contributed by atoms with E-state index in [0.29, 0.717) is 22.3 Å². The highest BCUT2D eigenvalue weighted by molar-refractivity contribution is 6.00. The van der Waals surface area contributed by atoms with Gasteiger partial charge in [0, 0.05) is 12.0 Å². The summed E-state index contributed by atoms with van der Waals surface area (Å²) in [7, 11) is 0. The Morgan fingerprint density at radius 3 is 2.61 bits per heavy atom. The molecule has 1 atom stereocenters. The number of ketones is 1. The number of carbonyl (C=O) groups excluding carboxylic acids is 2. The predicted octanol–water partition coefficient (Wildman–Crippen LogP) is 3.29. The number of nitrogens with zero attached hydrogens (tertiary/aromatic N) is 1. The summed E-state index contributed by atoms with van der Waals surface area (Å²) in [5.74, 6) is -0.344. The summed E-state index contributed by atoms with van der Waals surface area (Å²) >= 11 is 0. The van der Waals surface area contributed by atoms with E-state index >= 15 is 0 Å². The first-order valence-electron chi connectivity index (χ1n) is 9.14. The monoisotopic (exact) mass is 378 g/mol. The summed E-state index contributed by atoms with van der Waals surface area (Å²) in [6, 6.07) is 12.4. The Hall–Kier alpha value is -3.28. The van der Waals surface area contributed by atoms with E-state index in [1.165, 1.54) is 0 Å². The van der Waals surface area contributed by atoms with E-state index in [9.17, 15) is 14.4 Å². The molecule has 28 heavy (non-hydrogen) atoms. The van der Waals surface area contributed by atoms with E-state index in [-0.39, 0.29) is 24.2 Å². The van der Waals surface area contributed by atoms with E-state index in [1.807, 2.05) is 19.9 Å². The summed E-state index contributed by atoms with van der Waals surface area (Å²) in [5, 5.41) is 0.501. The molecule has 0 aliphatic heterocycles. The number of nitrogens with one attached hydrogen (secondary N) is 1. The Balaban J connectivity index is 1.61. The number of rotatable bonds is 6. The van der Waals surface area contributed by atoms with Crippen molar-refractivity contribution in [2.75, 3.05) is 0 Å². The number of esters is 1. The fraction of sp³-hybridized carbons (Fsp3) is 0.273. The molecule has 3 rings (SSSR count). The van der Waals surface area contributed by atoms with Gasteiger partial charge in [0.25, 0.3) is 5.56 Å². The molecule has 0 saturated carbocycles. The smallest absolute Gasteiger partial charge is 0.306 e. The number of Topliss-reactive ketones (excluding diaryl/α,β-unsaturated/α-hetero) is 1. The Bertz CT molecular complexity index is 1100. The molecule has 144 valence electrons. The topological polar surface area (TPSA) is 89.1 Å². The van der Waals surface area contributed by atoms with Gasteiger partial charge in [0.2, 0.25) is 5.78 Å². The minimum atomic E-state index is -0.877. The van der Waals surface area contributed by atoms with Crippen molar-refractivity contribution in [3.63, 3.8) is 0 Å². The predicted molar refractivity (Wildman–Crippen MR) is 106 cm³/mol. The molecular weight excluding hydrogens is 356 g/mol. The second-order valence-corrected chi connectivity index (χ2v) is 6.83. The normalized spacial score (nSPS) is 12.0. The first-order valence-corrected chi connectivity index (χ1v) is 9.14. The Morgan fingerprint density at radius 1 is 1.11 bits per heavy atom. The number of aromatic nitrogens is 2. The largest absolute Gasteiger partial charge is 0.454 e. The van der Waals surface area contributed by atoms with Crippen LogP contribution in [0.5, 0.6) is 0 Å². The molecule has 0 saturated heterocycles. The van der Waals surface area contributed by atoms with Crippen molar-refractivity contribution >= 4 is 22.7 Å². The summed E-state index contributed by atoms with van der Waals surface area (Å²) < 4.78 is 5.27. The SMILES string of the molecule is Cc1ccc(C(=O)[C@H](C)OC(=O)CCc2nc3ccccc3c(=O)[nH]2)cc1C. The van der Waals surface area contributed by atoms with Crippen LogP contribution < -0.4 is 5.56 Å². The fourth-order valence-corrected chi connectivity index (χ4v) is 2.91. The number of hydrogen-bond donors (Lipinski definition) is 1. The molecule has 0 amide bonds. The van der Waals surface area contributed by atoms with Crippen molar-refractivity contribution in [3.8, 4) is 0 Å². The lowest BCUT2D eigenvalue weighted by atomic mass is 10.0. The van der Waals surface area contributed by atoms with Crippen molar-refractivity contribution in [2.24, 2.45) is 0 Å². The molecular formula is C22H22N2O4. The molecule has 6 heteroatoms. The van der Waals surface area contributed by atoms with E-state index in [2.05, 4.69) is 9.97 Å². The van der Waals surface area contributed by atoms with Gasteiger partial charge >= 0.3 is 5.97 Å². The van der Waals surface area contributed by atoms with Crippen LogP contribution in [-0.2, 0) is 16.0 Å². The average Bonchev–Trinajstić information content (AvgIpc) is 2.68. The van der Waals surface area contributed by atoms with Crippen molar-refractivity contribution in [3.05, 3.63) is 75.3 Å². The highest BCUT2D eigenvalue weighted by Gasteiger charge is 2.20. The average molecular weight is 378 g/mol. The molecule has 0 fully saturated rings. The number of ether oxygens (including phenoxy) is 1. The third-order valence-electron chi connectivity index (χ3n) is 4.70. The lowest BCUT2D eigenvalue weighted by Gasteiger charge is -2.13. The zero-order valence-electron chi connectivity index (χ0n) is 16.1. The zero-order valence-corrected chi connectivity index (χ0v) is 16.1. The van der Waals surface area contributed by atoms with E-state index < -0.39 is 12.1 Å². The Kier molecular flexibility index (Phi) is 5.68. The van der Waals surface area contributed by atoms with E-state index in [1.54, 1.807) is 43.3 Å². The molecule has 1 N–H and O–H groups in total. The maximum absolute atomic E-state index is 12.5. The molecule has 0 aliphatic carbocycles. The van der Waals surface area contributed by atoms with Gasteiger partial charge in [-0.25, -0.2) is 4.98 Å². The minimum absolute atomic E-state index is 0.0197. The molecule has 1 aromatic heterocycles. The number of H-pyrrole nitrogens is 1. The van der Waals surface area contributed by atoms with Crippen LogP contribution in [0.3, 0.4) is 0 Å². The van der Waals surface area contributed by atoms with Gasteiger partial charge in [-0.3, -0.25) is 14.4 Å². The molecule has 6 nitrogen and oxygen atoms in total. The second-order valence-electron chi connectivity index (χ2n) is 6.83. The molecule has 3 aromatic rings. The maximum Gasteiger partial charge on any atom is 0.306 e. The van der Waals surface area contributed by atoms with Crippen LogP contribution in [0.1, 0.15) is 40.7 Å². The van der Waals surface area contributed by atoms with Crippen molar-refractivity contribution in [1.29, 1.82) is 0 Å². The van der Waals surface area contributed by atoms with Crippen LogP contribution in [0.2, 0.25) is 0 Å². The van der Waals surface area contributed by atoms with Crippen LogP contribution in [0.15, 0.2) is 47.3 Å². The summed E-state index contributed by atoms with van der Waals surface area (Å²) in [6.07, 6.45) is -0.631. The quantitative estimate of drug-likeness (QED) is 0.525. The molecule has 2 aromatic carbocycles. The van der Waals surface area contributed by atoms with Crippen LogP contribution in [0, 0.1) is 13.8 Å². The van der Waals surface area contributed by atoms with Gasteiger partial charge in [-0.1, -0.05) is 24.3 Å². The molecule has 0 aliphatic rings. The van der Waals surface area contributed by atoms with Crippen LogP contribution in [0.4, 0.5) is 0 Å². The highest BCUT2D eigenvalue weighted by atomic mass is 16.5. The van der Waals surface area contributed by atoms with Gasteiger partial charge in [0.1, 0.15) is 5.82 Å². The lowest BCUT2D eigenvalue weighted by molar-refractivity contribution is -0.146. The summed E-state index contributed by atoms with van der Waals surface area (Å²) in [4.78, 5) is 43.7. The van der Waals surface area contributed by atoms with Crippen molar-refractivity contribution in [1.82, 2.24) is 9.97 Å². The number of aromatic amines is 1. The van der Waals surface area contributed by atoms with Gasteiger partial charge in [-0.15, -0.1) is 0 Å². The fourth-order valence-electron chi connectivity index (χ4n) is 2.91. The number of para-hydroxylation sites is 1. The zero-order chi connectivity index (χ0) is 20.3. The number of carbonyl (C=O) groups is 2. The van der Waals surface area contributed by atoms with Crippen LogP contribution >= 0.6 is 0 Å². The second kappa shape index (κ2) is 8.17. The van der Waals surface area contributed by atoms with Crippen molar-refractivity contribution in [2.45, 2.75) is 39.7 Å². The summed E-state index contributed by atoms with van der Waals surface area (Å²) in [5.41, 5.74) is 2.96. The summed E-state index contributed by atoms with van der Waals surface area (Å²) in [6.45, 7) is 5.46. The van der Waals surface area contributed by atoms with Crippen LogP contribution in [-0.4, -0.2) is 27.8 Å². The first-order chi connectivity index (χ1) is 13.3. The van der Waals surface area contributed by atoms with Gasteiger partial charge in [-0.05, 0) is 50.1 Å². The number of benzene rings is 2. The van der Waals surface area contributed by atoms with Gasteiger partial charge in [0.15, 0.2) is 6.10 Å². The first kappa shape index (κ1) is 19.5. The molecule has 0 unspecified atom stereocenters. The highest BCUT2D eigenvalue weighted by Crippen LogP contribution is 2.13. The van der Waals surface area contributed by atoms with Crippen LogP contribution in [0.25, 0.3) is 10.9 Å². The standard InChI is InChI=1S/C22H22N2O4/c1-13-8-9-16(12-14(13)2)21(26)15(3)28-20(25)11-10-19-23-18-7-5-4-6-17(18)22(27)24-19/h4-9,12,15H,10-11H2,1-3H3,(H,23,24,27)/t15-/m0/s1. The minimum Gasteiger partial charge on any atom is -0.454 e. The Labute approximate surface area is 162 Å². The van der Waals surface area contributed by atoms with E-state index in [0.717, 1.165) is 11.1 Å². The van der Waals surface area contributed by atoms with Gasteiger partial charge in [-0.2, -0.15) is 0 Å². The molecule has 1 heterocycles. The third-order valence-corrected chi connectivity index (χ3v) is 4.70.